The Morgan fingerprint density at radius 3 is 2.17 bits per heavy atom. The highest BCUT2D eigenvalue weighted by atomic mass is 19.1. The minimum atomic E-state index is -2.61. The molecule has 0 spiro atoms. The molecular weight excluding hydrogens is 900 g/mol. The summed E-state index contributed by atoms with van der Waals surface area (Å²) in [5.41, 5.74) is 0.707. The van der Waals surface area contributed by atoms with Crippen LogP contribution in [0, 0.1) is 52.8 Å². The Morgan fingerprint density at radius 2 is 1.56 bits per heavy atom. The van der Waals surface area contributed by atoms with E-state index in [9.17, 15) is 34.2 Å². The number of aliphatic hydroxyl groups is 2. The minimum Gasteiger partial charge on any atom is -0.456 e. The fourth-order valence-corrected chi connectivity index (χ4v) is 14.3. The normalized spacial score (nSPS) is 44.5. The van der Waals surface area contributed by atoms with Gasteiger partial charge in [-0.1, -0.05) is 39.8 Å². The maximum Gasteiger partial charge on any atom is 0.329 e. The van der Waals surface area contributed by atoms with Crippen molar-refractivity contribution in [3.8, 4) is 0 Å². The van der Waals surface area contributed by atoms with E-state index in [0.29, 0.717) is 67.6 Å². The molecule has 0 aromatic carbocycles. The fraction of sp³-hybridized carbons (Fsp3) is 0.836. The number of alkyl halides is 1. The lowest BCUT2D eigenvalue weighted by molar-refractivity contribution is -0.302. The molecule has 8 aliphatic rings. The van der Waals surface area contributed by atoms with Crippen LogP contribution in [0.4, 0.5) is 4.39 Å². The predicted octanol–water partition coefficient (Wildman–Crippen LogP) is 7.15. The quantitative estimate of drug-likeness (QED) is 0.121. The van der Waals surface area contributed by atoms with Gasteiger partial charge in [-0.15, -0.1) is 0 Å². The number of fused-ring (bicyclic) bond motifs is 3. The van der Waals surface area contributed by atoms with Gasteiger partial charge in [0.05, 0.1) is 30.5 Å². The first kappa shape index (κ1) is 54.7. The molecule has 3 N–H and O–H groups in total. The highest BCUT2D eigenvalue weighted by molar-refractivity contribution is 6.39. The van der Waals surface area contributed by atoms with Crippen molar-refractivity contribution in [3.05, 3.63) is 23.3 Å². The zero-order valence-electron chi connectivity index (χ0n) is 43.5. The van der Waals surface area contributed by atoms with Gasteiger partial charge >= 0.3 is 5.97 Å². The minimum absolute atomic E-state index is 0.0319. The smallest absolute Gasteiger partial charge is 0.329 e. The van der Waals surface area contributed by atoms with Crippen molar-refractivity contribution in [2.75, 3.05) is 27.4 Å². The summed E-state index contributed by atoms with van der Waals surface area (Å²) in [5, 5.41) is 27.6. The summed E-state index contributed by atoms with van der Waals surface area (Å²) in [7, 11) is 2.90. The van der Waals surface area contributed by atoms with Crippen molar-refractivity contribution in [3.63, 3.8) is 0 Å². The average molecular weight is 985 g/mol. The van der Waals surface area contributed by atoms with E-state index in [1.165, 1.54) is 38.4 Å². The third-order valence-electron chi connectivity index (χ3n) is 18.1. The van der Waals surface area contributed by atoms with E-state index in [2.05, 4.69) is 11.4 Å². The third-order valence-corrected chi connectivity index (χ3v) is 18.1. The summed E-state index contributed by atoms with van der Waals surface area (Å²) in [6.07, 6.45) is 7.28. The second-order valence-corrected chi connectivity index (χ2v) is 23.1. The Hall–Kier alpha value is -3.08. The van der Waals surface area contributed by atoms with Gasteiger partial charge in [0.2, 0.25) is 11.7 Å². The first-order chi connectivity index (χ1) is 33.3. The number of hydrogen-bond acceptors (Lipinski definition) is 12. The molecule has 15 atom stereocenters. The number of Topliss-reactive ketones (excluding diaryl/α,β-unsaturated/α-hetero) is 2. The Balaban J connectivity index is 1.17. The summed E-state index contributed by atoms with van der Waals surface area (Å²) < 4.78 is 47.0. The lowest BCUT2D eigenvalue weighted by atomic mass is 9.49. The molecule has 5 saturated carbocycles. The molecule has 394 valence electrons. The van der Waals surface area contributed by atoms with Crippen LogP contribution in [-0.2, 0) is 47.7 Å². The number of carbonyl (C=O) groups is 5. The molecule has 6 bridgehead atoms. The number of nitrogens with zero attached hydrogens (tertiary/aromatic N) is 1. The van der Waals surface area contributed by atoms with E-state index in [4.69, 9.17) is 23.7 Å². The largest absolute Gasteiger partial charge is 0.456 e. The number of piperidine rings is 1. The number of ether oxygens (including phenoxy) is 5. The van der Waals surface area contributed by atoms with Crippen LogP contribution in [-0.4, -0.2) is 133 Å². The van der Waals surface area contributed by atoms with Crippen LogP contribution in [0.2, 0.25) is 0 Å². The van der Waals surface area contributed by atoms with E-state index in [0.717, 1.165) is 25.7 Å². The molecule has 2 amide bonds. The number of esters is 1. The monoisotopic (exact) mass is 985 g/mol. The first-order valence-electron chi connectivity index (χ1n) is 26.9. The second-order valence-electron chi connectivity index (χ2n) is 23.1. The molecule has 70 heavy (non-hydrogen) atoms. The Labute approximate surface area is 415 Å². The third kappa shape index (κ3) is 11.5. The number of methoxy groups -OCH3 is 2. The zero-order valence-corrected chi connectivity index (χ0v) is 43.5. The van der Waals surface area contributed by atoms with Crippen molar-refractivity contribution >= 4 is 29.4 Å². The maximum atomic E-state index is 16.4. The maximum absolute atomic E-state index is 16.4. The first-order valence-corrected chi connectivity index (χ1v) is 26.9. The number of cyclic esters (lactones) is 1. The summed E-state index contributed by atoms with van der Waals surface area (Å²) in [6, 6.07) is -1.33. The zero-order chi connectivity index (χ0) is 50.8. The van der Waals surface area contributed by atoms with Crippen molar-refractivity contribution < 1.29 is 62.3 Å². The van der Waals surface area contributed by atoms with Crippen molar-refractivity contribution in [1.29, 1.82) is 0 Å². The topological polar surface area (TPSA) is 187 Å². The fourth-order valence-electron chi connectivity index (χ4n) is 14.3. The molecule has 5 aliphatic carbocycles. The van der Waals surface area contributed by atoms with E-state index >= 15 is 4.39 Å². The predicted molar refractivity (Wildman–Crippen MR) is 259 cm³/mol. The van der Waals surface area contributed by atoms with Crippen LogP contribution >= 0.6 is 0 Å². The van der Waals surface area contributed by atoms with Crippen LogP contribution in [0.1, 0.15) is 151 Å². The highest BCUT2D eigenvalue weighted by Gasteiger charge is 2.58. The lowest BCUT2D eigenvalue weighted by Gasteiger charge is -2.56. The number of amides is 2. The van der Waals surface area contributed by atoms with E-state index in [1.54, 1.807) is 33.8 Å². The van der Waals surface area contributed by atoms with Crippen molar-refractivity contribution in [2.24, 2.45) is 52.8 Å². The summed E-state index contributed by atoms with van der Waals surface area (Å²) in [6.45, 7) is 12.8. The summed E-state index contributed by atoms with van der Waals surface area (Å²) >= 11 is 0. The molecule has 15 heteroatoms. The molecule has 0 aromatic rings. The Kier molecular flexibility index (Phi) is 18.0. The molecule has 8 rings (SSSR count). The lowest BCUT2D eigenvalue weighted by Crippen LogP contribution is -2.64. The summed E-state index contributed by atoms with van der Waals surface area (Å²) in [4.78, 5) is 72.9. The number of hydrogen-bond donors (Lipinski definition) is 3. The molecule has 15 unspecified atom stereocenters. The van der Waals surface area contributed by atoms with Crippen LogP contribution in [0.15, 0.2) is 23.3 Å². The molecule has 3 heterocycles. The van der Waals surface area contributed by atoms with Gasteiger partial charge < -0.3 is 44.1 Å². The number of allylic oxidation sites excluding steroid dienone is 3. The van der Waals surface area contributed by atoms with Crippen LogP contribution < -0.4 is 5.32 Å². The van der Waals surface area contributed by atoms with Gasteiger partial charge in [0.1, 0.15) is 30.2 Å². The van der Waals surface area contributed by atoms with E-state index in [-0.39, 0.29) is 67.4 Å². The average Bonchev–Trinajstić information content (AvgIpc) is 3.33. The number of nitrogens with one attached hydrogen (secondary N) is 1. The number of halogens is 1. The van der Waals surface area contributed by atoms with Gasteiger partial charge in [-0.05, 0) is 158 Å². The van der Waals surface area contributed by atoms with Gasteiger partial charge in [-0.3, -0.25) is 19.2 Å². The number of ketones is 2. The molecule has 0 radical (unpaired) electrons. The van der Waals surface area contributed by atoms with Gasteiger partial charge in [-0.25, -0.2) is 9.18 Å². The standard InChI is InChI=1S/C55H85FN2O12/c1-10-39-19-30(3)47(56)31(4)20-45(66-8)49-46(67-9)21-33(6)55(65,70-49)50(61)51(62)58-17-13-12-14-41(58)52(63)69-48(34(7)42(59)26-43(39)60)32(5)18-35-15-16-40(44(25-35)68-11-2)57-53(64)54-27-36-22-37(28-54)24-38(23-36)29-54/h18-19,31,33-42,44-49,59,65H,10-17,20-29H2,1-9H3,(H,57,64)/b30-19+,32-18?. The molecule has 3 aliphatic heterocycles. The van der Waals surface area contributed by atoms with Gasteiger partial charge in [0.25, 0.3) is 11.7 Å². The van der Waals surface area contributed by atoms with Gasteiger partial charge in [0.15, 0.2) is 0 Å². The number of carbonyl (C=O) groups excluding carboxylic acids is 5. The number of rotatable bonds is 9. The van der Waals surface area contributed by atoms with Crippen molar-refractivity contribution in [1.82, 2.24) is 10.2 Å². The van der Waals surface area contributed by atoms with E-state index < -0.39 is 89.9 Å². The summed E-state index contributed by atoms with van der Waals surface area (Å²) in [5.74, 6) is -6.98. The van der Waals surface area contributed by atoms with Gasteiger partial charge in [-0.2, -0.15) is 0 Å². The van der Waals surface area contributed by atoms with Crippen LogP contribution in [0.25, 0.3) is 0 Å². The Morgan fingerprint density at radius 1 is 0.914 bits per heavy atom. The molecule has 14 nitrogen and oxygen atoms in total. The SMILES string of the molecule is CCOC1CC(C=C(C)C2OC(=O)C3CCCCN3C(=O)C(=O)C3(O)OC(C(OC)CC(C)C(F)/C(C)=C/C(CC)C(=O)CC(O)C2C)C(OC)CC3C)CCC1NC(=O)C12CC3CC(CC(C3)C1)C2. The van der Waals surface area contributed by atoms with Crippen LogP contribution in [0.5, 0.6) is 0 Å². The van der Waals surface area contributed by atoms with Crippen molar-refractivity contribution in [2.45, 2.75) is 212 Å². The van der Waals surface area contributed by atoms with Gasteiger partial charge in [0, 0.05) is 57.0 Å². The highest BCUT2D eigenvalue weighted by Crippen LogP contribution is 2.60. The molecular formula is C55H85FN2O12. The number of aliphatic hydroxyl groups excluding tert-OH is 1. The molecule has 2 saturated heterocycles. The second kappa shape index (κ2) is 23.0. The van der Waals surface area contributed by atoms with E-state index in [1.807, 2.05) is 20.8 Å². The molecule has 0 aromatic heterocycles. The Bertz CT molecular complexity index is 1920. The van der Waals surface area contributed by atoms with Crippen LogP contribution in [0.3, 0.4) is 0 Å². The molecule has 7 fully saturated rings.